The van der Waals surface area contributed by atoms with Crippen LogP contribution >= 0.6 is 0 Å². The third kappa shape index (κ3) is 8.91. The molecule has 3 rings (SSSR count). The number of hydrogen-bond donors (Lipinski definition) is 6. The second-order valence-electron chi connectivity index (χ2n) is 11.2. The number of hydrogen-bond acceptors (Lipinski definition) is 5. The smallest absolute Gasteiger partial charge is 0.326 e. The Labute approximate surface area is 240 Å². The number of carboxylic acid groups (broad SMARTS) is 1. The molecule has 0 spiro atoms. The molecule has 3 aromatic rings. The van der Waals surface area contributed by atoms with Gasteiger partial charge in [0.15, 0.2) is 0 Å². The first-order valence-electron chi connectivity index (χ1n) is 13.9. The van der Waals surface area contributed by atoms with E-state index in [1.165, 1.54) is 0 Å². The number of carboxylic acids is 1. The number of amides is 3. The van der Waals surface area contributed by atoms with Crippen LogP contribution in [0.15, 0.2) is 60.8 Å². The van der Waals surface area contributed by atoms with Crippen molar-refractivity contribution in [2.45, 2.75) is 71.1 Å². The van der Waals surface area contributed by atoms with Gasteiger partial charge in [0.2, 0.25) is 17.7 Å². The van der Waals surface area contributed by atoms with E-state index >= 15 is 0 Å². The van der Waals surface area contributed by atoms with Gasteiger partial charge < -0.3 is 31.8 Å². The number of aromatic nitrogens is 1. The maximum atomic E-state index is 13.6. The summed E-state index contributed by atoms with van der Waals surface area (Å²) >= 11 is 0. The minimum Gasteiger partial charge on any atom is -0.480 e. The van der Waals surface area contributed by atoms with Gasteiger partial charge in [0, 0.05) is 29.9 Å². The summed E-state index contributed by atoms with van der Waals surface area (Å²) < 4.78 is 0. The Balaban J connectivity index is 1.84. The highest BCUT2D eigenvalue weighted by Gasteiger charge is 2.32. The van der Waals surface area contributed by atoms with Crippen molar-refractivity contribution in [2.75, 3.05) is 0 Å². The molecular weight excluding hydrogens is 522 g/mol. The predicted molar refractivity (Wildman–Crippen MR) is 158 cm³/mol. The molecular formula is C31H41N5O5. The highest BCUT2D eigenvalue weighted by atomic mass is 16.4. The summed E-state index contributed by atoms with van der Waals surface area (Å²) in [6, 6.07) is 12.5. The zero-order valence-electron chi connectivity index (χ0n) is 24.0. The molecule has 7 N–H and O–H groups in total. The van der Waals surface area contributed by atoms with Crippen molar-refractivity contribution < 1.29 is 24.3 Å². The van der Waals surface area contributed by atoms with E-state index in [4.69, 9.17) is 5.73 Å². The fourth-order valence-electron chi connectivity index (χ4n) is 4.72. The molecule has 0 fully saturated rings. The van der Waals surface area contributed by atoms with Gasteiger partial charge in [-0.25, -0.2) is 4.79 Å². The lowest BCUT2D eigenvalue weighted by Gasteiger charge is -2.27. The van der Waals surface area contributed by atoms with E-state index in [-0.39, 0.29) is 24.7 Å². The van der Waals surface area contributed by atoms with Gasteiger partial charge in [-0.1, -0.05) is 76.2 Å². The van der Waals surface area contributed by atoms with Gasteiger partial charge in [-0.2, -0.15) is 0 Å². The molecule has 41 heavy (non-hydrogen) atoms. The van der Waals surface area contributed by atoms with Gasteiger partial charge in [-0.3, -0.25) is 14.4 Å². The Morgan fingerprint density at radius 2 is 1.44 bits per heavy atom. The minimum absolute atomic E-state index is 0.0775. The van der Waals surface area contributed by atoms with E-state index in [9.17, 15) is 24.3 Å². The molecule has 1 aromatic heterocycles. The van der Waals surface area contributed by atoms with E-state index in [0.717, 1.165) is 22.0 Å². The van der Waals surface area contributed by atoms with Crippen molar-refractivity contribution in [2.24, 2.45) is 17.6 Å². The standard InChI is InChI=1S/C31H41N5O5/c1-18(2)14-23(32)28(37)36-27(19(3)4)30(39)34-25(16-21-17-33-24-13-9-8-12-22(21)24)29(38)35-26(31(40)41)15-20-10-6-5-7-11-20/h5-13,17-19,23,25-27,33H,14-16,32H2,1-4H3,(H,34,39)(H,35,38)(H,36,37)(H,40,41). The van der Waals surface area contributed by atoms with Gasteiger partial charge in [0.1, 0.15) is 18.1 Å². The molecule has 0 bridgehead atoms. The van der Waals surface area contributed by atoms with Gasteiger partial charge in [0.25, 0.3) is 0 Å². The van der Waals surface area contributed by atoms with E-state index in [1.54, 1.807) is 44.3 Å². The number of nitrogens with one attached hydrogen (secondary N) is 4. The molecule has 10 nitrogen and oxygen atoms in total. The summed E-state index contributed by atoms with van der Waals surface area (Å²) in [4.78, 5) is 55.1. The predicted octanol–water partition coefficient (Wildman–Crippen LogP) is 2.52. The zero-order chi connectivity index (χ0) is 30.1. The summed E-state index contributed by atoms with van der Waals surface area (Å²) in [7, 11) is 0. The van der Waals surface area contributed by atoms with Crippen LogP contribution in [0.4, 0.5) is 0 Å². The second-order valence-corrected chi connectivity index (χ2v) is 11.2. The fourth-order valence-corrected chi connectivity index (χ4v) is 4.72. The summed E-state index contributed by atoms with van der Waals surface area (Å²) in [6.45, 7) is 7.48. The SMILES string of the molecule is CC(C)CC(N)C(=O)NC(C(=O)NC(Cc1c[nH]c2ccccc12)C(=O)NC(Cc1ccccc1)C(=O)O)C(C)C. The lowest BCUT2D eigenvalue weighted by Crippen LogP contribution is -2.59. The molecule has 1 heterocycles. The van der Waals surface area contributed by atoms with Crippen LogP contribution in [0.5, 0.6) is 0 Å². The maximum Gasteiger partial charge on any atom is 0.326 e. The zero-order valence-corrected chi connectivity index (χ0v) is 24.0. The van der Waals surface area contributed by atoms with Crippen LogP contribution in [-0.2, 0) is 32.0 Å². The number of para-hydroxylation sites is 1. The number of aromatic amines is 1. The van der Waals surface area contributed by atoms with Gasteiger partial charge in [-0.15, -0.1) is 0 Å². The van der Waals surface area contributed by atoms with E-state index in [1.807, 2.05) is 44.2 Å². The van der Waals surface area contributed by atoms with Gasteiger partial charge in [0.05, 0.1) is 6.04 Å². The second kappa shape index (κ2) is 14.5. The van der Waals surface area contributed by atoms with Crippen LogP contribution in [0.25, 0.3) is 10.9 Å². The van der Waals surface area contributed by atoms with Crippen molar-refractivity contribution in [3.05, 3.63) is 71.9 Å². The topological polar surface area (TPSA) is 166 Å². The van der Waals surface area contributed by atoms with Gasteiger partial charge in [-0.05, 0) is 35.4 Å². The number of aliphatic carboxylic acids is 1. The largest absolute Gasteiger partial charge is 0.480 e. The molecule has 0 aliphatic carbocycles. The van der Waals surface area contributed by atoms with Crippen molar-refractivity contribution >= 4 is 34.6 Å². The minimum atomic E-state index is -1.21. The Morgan fingerprint density at radius 3 is 2.07 bits per heavy atom. The molecule has 2 aromatic carbocycles. The first-order valence-corrected chi connectivity index (χ1v) is 13.9. The molecule has 4 unspecified atom stereocenters. The number of nitrogens with two attached hydrogens (primary N) is 1. The van der Waals surface area contributed by atoms with E-state index < -0.39 is 47.9 Å². The molecule has 4 atom stereocenters. The maximum absolute atomic E-state index is 13.6. The Hall–Kier alpha value is -4.18. The molecule has 0 aliphatic heterocycles. The third-order valence-corrected chi connectivity index (χ3v) is 6.94. The average molecular weight is 564 g/mol. The monoisotopic (exact) mass is 563 g/mol. The average Bonchev–Trinajstić information content (AvgIpc) is 3.33. The Morgan fingerprint density at radius 1 is 0.805 bits per heavy atom. The third-order valence-electron chi connectivity index (χ3n) is 6.94. The molecule has 0 radical (unpaired) electrons. The Kier molecular flexibility index (Phi) is 11.0. The molecule has 220 valence electrons. The first kappa shape index (κ1) is 31.3. The summed E-state index contributed by atoms with van der Waals surface area (Å²) in [5.41, 5.74) is 8.43. The number of carbonyl (C=O) groups is 4. The Bertz CT molecular complexity index is 1340. The number of carbonyl (C=O) groups excluding carboxylic acids is 3. The van der Waals surface area contributed by atoms with Crippen LogP contribution in [0, 0.1) is 11.8 Å². The van der Waals surface area contributed by atoms with Crippen LogP contribution in [-0.4, -0.2) is 57.9 Å². The first-order chi connectivity index (χ1) is 19.5. The quantitative estimate of drug-likeness (QED) is 0.176. The molecule has 0 saturated carbocycles. The fraction of sp³-hybridized carbons (Fsp3) is 0.419. The van der Waals surface area contributed by atoms with Crippen LogP contribution in [0.3, 0.4) is 0 Å². The summed E-state index contributed by atoms with van der Waals surface area (Å²) in [5, 5.41) is 18.9. The molecule has 0 aliphatic rings. The summed E-state index contributed by atoms with van der Waals surface area (Å²) in [6.07, 6.45) is 2.41. The number of benzene rings is 2. The lowest BCUT2D eigenvalue weighted by atomic mass is 9.99. The van der Waals surface area contributed by atoms with Crippen LogP contribution < -0.4 is 21.7 Å². The highest BCUT2D eigenvalue weighted by molar-refractivity contribution is 5.95. The van der Waals surface area contributed by atoms with Crippen molar-refractivity contribution in [3.8, 4) is 0 Å². The van der Waals surface area contributed by atoms with Crippen molar-refractivity contribution in [3.63, 3.8) is 0 Å². The summed E-state index contributed by atoms with van der Waals surface area (Å²) in [5.74, 6) is -2.93. The molecule has 3 amide bonds. The number of rotatable bonds is 14. The number of fused-ring (bicyclic) bond motifs is 1. The normalized spacial score (nSPS) is 14.3. The van der Waals surface area contributed by atoms with E-state index in [2.05, 4.69) is 20.9 Å². The number of H-pyrrole nitrogens is 1. The van der Waals surface area contributed by atoms with Crippen molar-refractivity contribution in [1.82, 2.24) is 20.9 Å². The van der Waals surface area contributed by atoms with Crippen LogP contribution in [0.1, 0.15) is 45.2 Å². The van der Waals surface area contributed by atoms with E-state index in [0.29, 0.717) is 6.42 Å². The lowest BCUT2D eigenvalue weighted by molar-refractivity contribution is -0.142. The van der Waals surface area contributed by atoms with Crippen LogP contribution in [0.2, 0.25) is 0 Å². The molecule has 10 heteroatoms. The van der Waals surface area contributed by atoms with Crippen molar-refractivity contribution in [1.29, 1.82) is 0 Å². The highest BCUT2D eigenvalue weighted by Crippen LogP contribution is 2.20. The molecule has 0 saturated heterocycles. The van der Waals surface area contributed by atoms with Gasteiger partial charge >= 0.3 is 5.97 Å².